The topological polar surface area (TPSA) is 83.7 Å². The summed E-state index contributed by atoms with van der Waals surface area (Å²) in [4.78, 5) is 13.6. The van der Waals surface area contributed by atoms with Crippen LogP contribution in [-0.2, 0) is 9.53 Å². The molecule has 2 unspecified atom stereocenters. The van der Waals surface area contributed by atoms with Gasteiger partial charge < -0.3 is 25.4 Å². The molecule has 30 heavy (non-hydrogen) atoms. The van der Waals surface area contributed by atoms with E-state index in [9.17, 15) is 9.90 Å². The quantitative estimate of drug-likeness (QED) is 0.593. The number of carboxylic acids is 1. The van der Waals surface area contributed by atoms with Gasteiger partial charge >= 0.3 is 5.97 Å². The summed E-state index contributed by atoms with van der Waals surface area (Å²) in [5.41, 5.74) is 5.48. The summed E-state index contributed by atoms with van der Waals surface area (Å²) in [6, 6.07) is 15.3. The first kappa shape index (κ1) is 20.7. The van der Waals surface area contributed by atoms with Gasteiger partial charge in [0.1, 0.15) is 0 Å². The number of morpholine rings is 1. The van der Waals surface area contributed by atoms with Crippen molar-refractivity contribution >= 4 is 23.0 Å². The van der Waals surface area contributed by atoms with Crippen molar-refractivity contribution in [1.29, 1.82) is 0 Å². The monoisotopic (exact) mass is 409 g/mol. The number of hydrogen-bond donors (Lipinski definition) is 3. The van der Waals surface area contributed by atoms with E-state index in [0.717, 1.165) is 42.3 Å². The Bertz CT molecular complexity index is 885. The van der Waals surface area contributed by atoms with Gasteiger partial charge in [0.15, 0.2) is 0 Å². The van der Waals surface area contributed by atoms with E-state index in [1.807, 2.05) is 6.92 Å². The van der Waals surface area contributed by atoms with Gasteiger partial charge in [0.25, 0.3) is 0 Å². The van der Waals surface area contributed by atoms with E-state index in [4.69, 9.17) is 4.74 Å². The van der Waals surface area contributed by atoms with Crippen LogP contribution in [0.1, 0.15) is 50.3 Å². The predicted octanol–water partition coefficient (Wildman–Crippen LogP) is 4.27. The third kappa shape index (κ3) is 4.94. The SMILES string of the molecule is CC(CC(=O)O)c1ccc(N2C[C@@H](C)O[C@@H](C)C2)c(Nc2ccc(C3CN3)cc2)c1. The molecule has 0 aliphatic carbocycles. The molecule has 0 bridgehead atoms. The van der Waals surface area contributed by atoms with Crippen molar-refractivity contribution in [2.24, 2.45) is 0 Å². The van der Waals surface area contributed by atoms with E-state index in [1.54, 1.807) is 0 Å². The molecular formula is C24H31N3O3. The number of anilines is 3. The molecule has 3 N–H and O–H groups in total. The molecule has 2 heterocycles. The van der Waals surface area contributed by atoms with Crippen molar-refractivity contribution in [2.45, 2.75) is 51.4 Å². The van der Waals surface area contributed by atoms with Gasteiger partial charge in [-0.2, -0.15) is 0 Å². The highest BCUT2D eigenvalue weighted by molar-refractivity contribution is 5.77. The van der Waals surface area contributed by atoms with Crippen LogP contribution in [0, 0.1) is 0 Å². The maximum atomic E-state index is 11.2. The van der Waals surface area contributed by atoms with Crippen molar-refractivity contribution in [2.75, 3.05) is 29.9 Å². The third-order valence-corrected chi connectivity index (χ3v) is 5.83. The van der Waals surface area contributed by atoms with Gasteiger partial charge in [0, 0.05) is 31.4 Å². The van der Waals surface area contributed by atoms with E-state index < -0.39 is 5.97 Å². The zero-order valence-electron chi connectivity index (χ0n) is 17.9. The van der Waals surface area contributed by atoms with Gasteiger partial charge in [0.2, 0.25) is 0 Å². The smallest absolute Gasteiger partial charge is 0.303 e. The molecule has 2 aromatic rings. The second-order valence-corrected chi connectivity index (χ2v) is 8.65. The number of benzene rings is 2. The van der Waals surface area contributed by atoms with Crippen molar-refractivity contribution < 1.29 is 14.6 Å². The summed E-state index contributed by atoms with van der Waals surface area (Å²) in [5, 5.41) is 16.1. The minimum absolute atomic E-state index is 0.0528. The van der Waals surface area contributed by atoms with Crippen molar-refractivity contribution in [1.82, 2.24) is 5.32 Å². The molecule has 0 spiro atoms. The molecule has 160 valence electrons. The molecule has 2 aliphatic rings. The van der Waals surface area contributed by atoms with Crippen LogP contribution in [0.15, 0.2) is 42.5 Å². The molecule has 2 aromatic carbocycles. The lowest BCUT2D eigenvalue weighted by Gasteiger charge is -2.38. The highest BCUT2D eigenvalue weighted by Crippen LogP contribution is 2.35. The van der Waals surface area contributed by atoms with Gasteiger partial charge in [-0.1, -0.05) is 25.1 Å². The molecule has 0 radical (unpaired) electrons. The number of rotatable bonds is 7. The number of ether oxygens (including phenoxy) is 1. The molecule has 0 saturated carbocycles. The molecule has 0 amide bonds. The van der Waals surface area contributed by atoms with Gasteiger partial charge in [-0.05, 0) is 55.2 Å². The Balaban J connectivity index is 1.63. The number of hydrogen-bond acceptors (Lipinski definition) is 5. The zero-order chi connectivity index (χ0) is 21.3. The number of carboxylic acid groups (broad SMARTS) is 1. The van der Waals surface area contributed by atoms with E-state index in [-0.39, 0.29) is 24.5 Å². The van der Waals surface area contributed by atoms with Gasteiger partial charge in [-0.15, -0.1) is 0 Å². The second-order valence-electron chi connectivity index (χ2n) is 8.65. The maximum absolute atomic E-state index is 11.2. The van der Waals surface area contributed by atoms with Gasteiger partial charge in [-0.3, -0.25) is 4.79 Å². The van der Waals surface area contributed by atoms with Crippen LogP contribution in [0.3, 0.4) is 0 Å². The summed E-state index contributed by atoms with van der Waals surface area (Å²) in [7, 11) is 0. The third-order valence-electron chi connectivity index (χ3n) is 5.83. The second kappa shape index (κ2) is 8.66. The van der Waals surface area contributed by atoms with Crippen LogP contribution >= 0.6 is 0 Å². The fourth-order valence-electron chi connectivity index (χ4n) is 4.24. The van der Waals surface area contributed by atoms with E-state index in [0.29, 0.717) is 6.04 Å². The average molecular weight is 410 g/mol. The first-order chi connectivity index (χ1) is 14.4. The molecule has 4 rings (SSSR count). The summed E-state index contributed by atoms with van der Waals surface area (Å²) >= 11 is 0. The summed E-state index contributed by atoms with van der Waals surface area (Å²) < 4.78 is 5.91. The van der Waals surface area contributed by atoms with Crippen LogP contribution in [-0.4, -0.2) is 42.9 Å². The zero-order valence-corrected chi connectivity index (χ0v) is 17.9. The Hall–Kier alpha value is -2.57. The van der Waals surface area contributed by atoms with Crippen LogP contribution < -0.4 is 15.5 Å². The molecule has 6 nitrogen and oxygen atoms in total. The number of aliphatic carboxylic acids is 1. The number of carbonyl (C=O) groups is 1. The minimum Gasteiger partial charge on any atom is -0.481 e. The normalized spacial score (nSPS) is 24.4. The Labute approximate surface area is 178 Å². The Morgan fingerprint density at radius 1 is 1.20 bits per heavy atom. The van der Waals surface area contributed by atoms with Crippen molar-refractivity contribution in [3.05, 3.63) is 53.6 Å². The molecule has 6 heteroatoms. The summed E-state index contributed by atoms with van der Waals surface area (Å²) in [6.45, 7) is 8.87. The van der Waals surface area contributed by atoms with Crippen LogP contribution in [0.4, 0.5) is 17.1 Å². The highest BCUT2D eigenvalue weighted by atomic mass is 16.5. The van der Waals surface area contributed by atoms with E-state index in [2.05, 4.69) is 71.8 Å². The highest BCUT2D eigenvalue weighted by Gasteiger charge is 2.25. The Morgan fingerprint density at radius 2 is 1.87 bits per heavy atom. The predicted molar refractivity (Wildman–Crippen MR) is 120 cm³/mol. The summed E-state index contributed by atoms with van der Waals surface area (Å²) in [6.07, 6.45) is 0.447. The maximum Gasteiger partial charge on any atom is 0.303 e. The van der Waals surface area contributed by atoms with Crippen LogP contribution in [0.5, 0.6) is 0 Å². The molecule has 2 aliphatic heterocycles. The molecule has 2 fully saturated rings. The molecule has 2 saturated heterocycles. The van der Waals surface area contributed by atoms with Crippen molar-refractivity contribution in [3.63, 3.8) is 0 Å². The van der Waals surface area contributed by atoms with Gasteiger partial charge in [0.05, 0.1) is 30.0 Å². The number of nitrogens with zero attached hydrogens (tertiary/aromatic N) is 1. The van der Waals surface area contributed by atoms with Crippen molar-refractivity contribution in [3.8, 4) is 0 Å². The van der Waals surface area contributed by atoms with E-state index in [1.165, 1.54) is 5.56 Å². The number of nitrogens with one attached hydrogen (secondary N) is 2. The standard InChI is InChI=1S/C24H31N3O3/c1-15(10-24(28)29)19-6-9-23(27-13-16(2)30-17(3)14-27)21(11-19)26-20-7-4-18(5-8-20)22-12-25-22/h4-9,11,15-17,22,25-26H,10,12-14H2,1-3H3,(H,28,29)/t15?,16-,17+,22?. The fraction of sp³-hybridized carbons (Fsp3) is 0.458. The van der Waals surface area contributed by atoms with Gasteiger partial charge in [-0.25, -0.2) is 0 Å². The Morgan fingerprint density at radius 3 is 2.47 bits per heavy atom. The lowest BCUT2D eigenvalue weighted by molar-refractivity contribution is -0.137. The van der Waals surface area contributed by atoms with E-state index >= 15 is 0 Å². The molecular weight excluding hydrogens is 378 g/mol. The molecule has 4 atom stereocenters. The largest absolute Gasteiger partial charge is 0.481 e. The lowest BCUT2D eigenvalue weighted by Crippen LogP contribution is -2.45. The minimum atomic E-state index is -0.777. The summed E-state index contributed by atoms with van der Waals surface area (Å²) in [5.74, 6) is -0.829. The average Bonchev–Trinajstić information content (AvgIpc) is 3.52. The molecule has 0 aromatic heterocycles. The first-order valence-corrected chi connectivity index (χ1v) is 10.8. The first-order valence-electron chi connectivity index (χ1n) is 10.8. The Kier molecular flexibility index (Phi) is 5.97. The fourth-order valence-corrected chi connectivity index (χ4v) is 4.24. The lowest BCUT2D eigenvalue weighted by atomic mass is 9.96. The van der Waals surface area contributed by atoms with Crippen LogP contribution in [0.25, 0.3) is 0 Å². The van der Waals surface area contributed by atoms with Crippen LogP contribution in [0.2, 0.25) is 0 Å².